The molecule has 0 amide bonds. The van der Waals surface area contributed by atoms with Gasteiger partial charge >= 0.3 is 0 Å². The molecule has 3 heteroatoms. The molecule has 16 heavy (non-hydrogen) atoms. The number of rotatable bonds is 3. The summed E-state index contributed by atoms with van der Waals surface area (Å²) >= 11 is 0. The largest absolute Gasteiger partial charge is 0.397 e. The molecule has 3 nitrogen and oxygen atoms in total. The molecular formula is C13H15N3. The van der Waals surface area contributed by atoms with E-state index in [0.717, 1.165) is 17.1 Å². The molecule has 0 spiro atoms. The van der Waals surface area contributed by atoms with Crippen LogP contribution in [0, 0.1) is 6.92 Å². The molecule has 2 aromatic rings. The van der Waals surface area contributed by atoms with E-state index >= 15 is 0 Å². The molecule has 0 heterocycles. The average molecular weight is 213 g/mol. The van der Waals surface area contributed by atoms with Gasteiger partial charge in [-0.05, 0) is 31.2 Å². The summed E-state index contributed by atoms with van der Waals surface area (Å²) in [5.74, 6) is 0. The first kappa shape index (κ1) is 10.4. The second kappa shape index (κ2) is 4.57. The summed E-state index contributed by atoms with van der Waals surface area (Å²) in [4.78, 5) is 0. The van der Waals surface area contributed by atoms with Crippen LogP contribution in [0.4, 0.5) is 17.1 Å². The summed E-state index contributed by atoms with van der Waals surface area (Å²) in [6, 6.07) is 15.8. The highest BCUT2D eigenvalue weighted by Crippen LogP contribution is 2.17. The van der Waals surface area contributed by atoms with Crippen LogP contribution in [0.1, 0.15) is 5.56 Å². The molecular weight excluding hydrogens is 198 g/mol. The summed E-state index contributed by atoms with van der Waals surface area (Å²) < 4.78 is 0. The van der Waals surface area contributed by atoms with E-state index in [9.17, 15) is 0 Å². The van der Waals surface area contributed by atoms with Crippen LogP contribution in [0.3, 0.4) is 0 Å². The number of benzene rings is 2. The minimum atomic E-state index is 0.724. The third kappa shape index (κ3) is 2.45. The van der Waals surface area contributed by atoms with Crippen molar-refractivity contribution in [2.45, 2.75) is 6.92 Å². The maximum atomic E-state index is 5.81. The lowest BCUT2D eigenvalue weighted by molar-refractivity contribution is 1.39. The first-order valence-corrected chi connectivity index (χ1v) is 5.19. The molecule has 0 atom stereocenters. The number of hydrazine groups is 1. The number of nitrogens with one attached hydrogen (secondary N) is 2. The van der Waals surface area contributed by atoms with Crippen molar-refractivity contribution in [3.05, 3.63) is 54.1 Å². The minimum absolute atomic E-state index is 0.724. The topological polar surface area (TPSA) is 50.1 Å². The van der Waals surface area contributed by atoms with E-state index in [1.54, 1.807) is 0 Å². The predicted molar refractivity (Wildman–Crippen MR) is 69.3 cm³/mol. The van der Waals surface area contributed by atoms with Crippen molar-refractivity contribution < 1.29 is 0 Å². The van der Waals surface area contributed by atoms with Crippen LogP contribution in [0.15, 0.2) is 48.5 Å². The molecule has 0 aliphatic heterocycles. The van der Waals surface area contributed by atoms with Crippen molar-refractivity contribution in [1.29, 1.82) is 0 Å². The van der Waals surface area contributed by atoms with Gasteiger partial charge in [0.15, 0.2) is 0 Å². The molecule has 2 rings (SSSR count). The summed E-state index contributed by atoms with van der Waals surface area (Å²) in [5.41, 5.74) is 15.8. The van der Waals surface area contributed by atoms with Gasteiger partial charge in [-0.1, -0.05) is 29.8 Å². The number of nitrogens with two attached hydrogens (primary N) is 1. The van der Waals surface area contributed by atoms with Crippen LogP contribution in [-0.2, 0) is 0 Å². The van der Waals surface area contributed by atoms with E-state index in [2.05, 4.69) is 29.9 Å². The van der Waals surface area contributed by atoms with Crippen molar-refractivity contribution in [3.8, 4) is 0 Å². The number of aryl methyl sites for hydroxylation is 1. The summed E-state index contributed by atoms with van der Waals surface area (Å²) in [5, 5.41) is 0. The van der Waals surface area contributed by atoms with Crippen molar-refractivity contribution in [1.82, 2.24) is 0 Å². The van der Waals surface area contributed by atoms with Gasteiger partial charge in [-0.25, -0.2) is 0 Å². The molecule has 0 saturated carbocycles. The van der Waals surface area contributed by atoms with Crippen molar-refractivity contribution in [3.63, 3.8) is 0 Å². The zero-order valence-corrected chi connectivity index (χ0v) is 9.20. The maximum Gasteiger partial charge on any atom is 0.0769 e. The minimum Gasteiger partial charge on any atom is -0.397 e. The second-order valence-corrected chi connectivity index (χ2v) is 3.70. The van der Waals surface area contributed by atoms with Crippen LogP contribution in [0.25, 0.3) is 0 Å². The standard InChI is InChI=1S/C13H15N3/c1-10-6-8-11(9-7-10)15-16-13-5-3-2-4-12(13)14/h2-9,15-16H,14H2,1H3. The fourth-order valence-corrected chi connectivity index (χ4v) is 1.39. The molecule has 0 unspecified atom stereocenters. The van der Waals surface area contributed by atoms with E-state index in [-0.39, 0.29) is 0 Å². The van der Waals surface area contributed by atoms with Gasteiger partial charge < -0.3 is 11.2 Å². The maximum absolute atomic E-state index is 5.81. The zero-order chi connectivity index (χ0) is 11.4. The number of anilines is 3. The summed E-state index contributed by atoms with van der Waals surface area (Å²) in [7, 11) is 0. The van der Waals surface area contributed by atoms with Gasteiger partial charge in [0.2, 0.25) is 0 Å². The van der Waals surface area contributed by atoms with Gasteiger partial charge in [-0.2, -0.15) is 0 Å². The normalized spacial score (nSPS) is 9.81. The molecule has 4 N–H and O–H groups in total. The third-order valence-electron chi connectivity index (χ3n) is 2.35. The van der Waals surface area contributed by atoms with E-state index in [1.165, 1.54) is 5.56 Å². The fourth-order valence-electron chi connectivity index (χ4n) is 1.39. The Balaban J connectivity index is 2.02. The van der Waals surface area contributed by atoms with Crippen LogP contribution >= 0.6 is 0 Å². The average Bonchev–Trinajstić information content (AvgIpc) is 2.30. The SMILES string of the molecule is Cc1ccc(NNc2ccccc2N)cc1. The Morgan fingerprint density at radius 2 is 1.56 bits per heavy atom. The van der Waals surface area contributed by atoms with Crippen molar-refractivity contribution in [2.24, 2.45) is 0 Å². The molecule has 0 bridgehead atoms. The Morgan fingerprint density at radius 1 is 0.875 bits per heavy atom. The lowest BCUT2D eigenvalue weighted by atomic mass is 10.2. The van der Waals surface area contributed by atoms with E-state index < -0.39 is 0 Å². The van der Waals surface area contributed by atoms with Crippen LogP contribution in [-0.4, -0.2) is 0 Å². The lowest BCUT2D eigenvalue weighted by Crippen LogP contribution is -2.09. The number of para-hydroxylation sites is 2. The van der Waals surface area contributed by atoms with Crippen LogP contribution in [0.5, 0.6) is 0 Å². The molecule has 2 aromatic carbocycles. The lowest BCUT2D eigenvalue weighted by Gasteiger charge is -2.11. The quantitative estimate of drug-likeness (QED) is 0.542. The fraction of sp³-hybridized carbons (Fsp3) is 0.0769. The van der Waals surface area contributed by atoms with Crippen molar-refractivity contribution in [2.75, 3.05) is 16.6 Å². The van der Waals surface area contributed by atoms with Crippen LogP contribution < -0.4 is 16.6 Å². The number of nitrogen functional groups attached to an aromatic ring is 1. The van der Waals surface area contributed by atoms with E-state index in [4.69, 9.17) is 5.73 Å². The van der Waals surface area contributed by atoms with Gasteiger partial charge in [-0.3, -0.25) is 5.43 Å². The predicted octanol–water partition coefficient (Wildman–Crippen LogP) is 3.02. The van der Waals surface area contributed by atoms with Gasteiger partial charge in [0, 0.05) is 0 Å². The Bertz CT molecular complexity index is 463. The molecule has 0 aliphatic carbocycles. The Morgan fingerprint density at radius 3 is 2.25 bits per heavy atom. The summed E-state index contributed by atoms with van der Waals surface area (Å²) in [6.07, 6.45) is 0. The van der Waals surface area contributed by atoms with Gasteiger partial charge in [0.25, 0.3) is 0 Å². The molecule has 0 aromatic heterocycles. The van der Waals surface area contributed by atoms with Crippen LogP contribution in [0.2, 0.25) is 0 Å². The highest BCUT2D eigenvalue weighted by molar-refractivity contribution is 5.67. The first-order chi connectivity index (χ1) is 7.75. The molecule has 0 radical (unpaired) electrons. The van der Waals surface area contributed by atoms with E-state index in [1.807, 2.05) is 36.4 Å². The monoisotopic (exact) mass is 213 g/mol. The highest BCUT2D eigenvalue weighted by Gasteiger charge is 1.95. The van der Waals surface area contributed by atoms with E-state index in [0.29, 0.717) is 0 Å². The third-order valence-corrected chi connectivity index (χ3v) is 2.35. The van der Waals surface area contributed by atoms with Gasteiger partial charge in [-0.15, -0.1) is 0 Å². The van der Waals surface area contributed by atoms with Crippen molar-refractivity contribution >= 4 is 17.1 Å². The molecule has 82 valence electrons. The first-order valence-electron chi connectivity index (χ1n) is 5.19. The number of hydrogen-bond acceptors (Lipinski definition) is 3. The molecule has 0 fully saturated rings. The smallest absolute Gasteiger partial charge is 0.0769 e. The zero-order valence-electron chi connectivity index (χ0n) is 9.20. The summed E-state index contributed by atoms with van der Waals surface area (Å²) in [6.45, 7) is 2.06. The number of hydrogen-bond donors (Lipinski definition) is 3. The Kier molecular flexibility index (Phi) is 2.96. The molecule has 0 saturated heterocycles. The Hall–Kier alpha value is -2.16. The van der Waals surface area contributed by atoms with Gasteiger partial charge in [0.1, 0.15) is 0 Å². The molecule has 0 aliphatic rings. The highest BCUT2D eigenvalue weighted by atomic mass is 15.4. The second-order valence-electron chi connectivity index (χ2n) is 3.70. The Labute approximate surface area is 95.3 Å². The van der Waals surface area contributed by atoms with Gasteiger partial charge in [0.05, 0.1) is 17.1 Å².